The van der Waals surface area contributed by atoms with E-state index in [0.29, 0.717) is 0 Å². The maximum atomic E-state index is 4.80. The zero-order chi connectivity index (χ0) is 17.4. The SMILES string of the molecule is Cc1nc([N+]2(Br)C(c3ccccc3)=NNN2c2ccccc2)sc1C. The number of hydrazone groups is 1. The van der Waals surface area contributed by atoms with Gasteiger partial charge >= 0.3 is 5.13 Å². The number of nitrogens with zero attached hydrogens (tertiary/aromatic N) is 4. The average Bonchev–Trinajstić information content (AvgIpc) is 3.17. The van der Waals surface area contributed by atoms with Crippen molar-refractivity contribution in [3.05, 3.63) is 76.8 Å². The number of aryl methyl sites for hydroxylation is 2. The highest BCUT2D eigenvalue weighted by Gasteiger charge is 2.52. The number of halogens is 1. The van der Waals surface area contributed by atoms with Crippen LogP contribution < -0.4 is 14.3 Å². The largest absolute Gasteiger partial charge is 0.330 e. The van der Waals surface area contributed by atoms with Gasteiger partial charge in [-0.15, -0.1) is 0 Å². The number of quaternary nitrogens is 1. The zero-order valence-corrected chi connectivity index (χ0v) is 16.3. The van der Waals surface area contributed by atoms with Crippen LogP contribution >= 0.6 is 27.5 Å². The minimum Gasteiger partial charge on any atom is -0.187 e. The molecule has 3 aromatic rings. The first-order valence-electron chi connectivity index (χ1n) is 7.89. The van der Waals surface area contributed by atoms with Gasteiger partial charge in [-0.2, -0.15) is 10.5 Å². The van der Waals surface area contributed by atoms with Gasteiger partial charge in [0.25, 0.3) is 22.0 Å². The Hall–Kier alpha value is -2.22. The quantitative estimate of drug-likeness (QED) is 0.632. The van der Waals surface area contributed by atoms with Crippen LogP contribution in [0.25, 0.3) is 0 Å². The Morgan fingerprint density at radius 3 is 2.24 bits per heavy atom. The van der Waals surface area contributed by atoms with Gasteiger partial charge in [-0.1, -0.05) is 58.0 Å². The highest BCUT2D eigenvalue weighted by Crippen LogP contribution is 2.41. The third kappa shape index (κ3) is 2.64. The summed E-state index contributed by atoms with van der Waals surface area (Å²) < 4.78 is 0.167. The first-order valence-corrected chi connectivity index (χ1v) is 9.41. The summed E-state index contributed by atoms with van der Waals surface area (Å²) in [5.74, 6) is 0.832. The highest BCUT2D eigenvalue weighted by molar-refractivity contribution is 9.09. The molecule has 0 bridgehead atoms. The average molecular weight is 415 g/mol. The molecule has 1 aliphatic rings. The van der Waals surface area contributed by atoms with Gasteiger partial charge in [0.15, 0.2) is 0 Å². The van der Waals surface area contributed by atoms with Crippen molar-refractivity contribution < 1.29 is 0 Å². The molecule has 0 saturated carbocycles. The zero-order valence-electron chi connectivity index (χ0n) is 13.8. The maximum Gasteiger partial charge on any atom is 0.330 e. The number of hydrogen-bond acceptors (Lipinski definition) is 5. The fourth-order valence-corrected chi connectivity index (χ4v) is 4.46. The van der Waals surface area contributed by atoms with E-state index in [2.05, 4.69) is 45.8 Å². The number of nitrogens with one attached hydrogen (secondary N) is 1. The summed E-state index contributed by atoms with van der Waals surface area (Å²) in [6.07, 6.45) is 0. The van der Waals surface area contributed by atoms with Crippen LogP contribution in [0.1, 0.15) is 16.1 Å². The molecule has 0 radical (unpaired) electrons. The van der Waals surface area contributed by atoms with Crippen molar-refractivity contribution >= 4 is 44.1 Å². The molecule has 5 nitrogen and oxygen atoms in total. The van der Waals surface area contributed by atoms with E-state index in [4.69, 9.17) is 4.98 Å². The lowest BCUT2D eigenvalue weighted by Crippen LogP contribution is -2.57. The maximum absolute atomic E-state index is 4.80. The second-order valence-corrected chi connectivity index (χ2v) is 7.95. The molecule has 7 heteroatoms. The van der Waals surface area contributed by atoms with Gasteiger partial charge in [0.1, 0.15) is 5.69 Å². The Kier molecular flexibility index (Phi) is 4.07. The van der Waals surface area contributed by atoms with Gasteiger partial charge in [-0.25, -0.2) is 0 Å². The summed E-state index contributed by atoms with van der Waals surface area (Å²) in [6.45, 7) is 4.12. The summed E-state index contributed by atoms with van der Waals surface area (Å²) in [6, 6.07) is 20.2. The molecule has 25 heavy (non-hydrogen) atoms. The number of anilines is 1. The summed E-state index contributed by atoms with van der Waals surface area (Å²) in [5, 5.41) is 7.47. The summed E-state index contributed by atoms with van der Waals surface area (Å²) in [7, 11) is 0. The van der Waals surface area contributed by atoms with Crippen LogP contribution in [0.2, 0.25) is 0 Å². The topological polar surface area (TPSA) is 40.5 Å². The molecule has 126 valence electrons. The van der Waals surface area contributed by atoms with Crippen LogP contribution in [0.4, 0.5) is 10.8 Å². The van der Waals surface area contributed by atoms with Crippen LogP contribution in [0, 0.1) is 13.8 Å². The lowest BCUT2D eigenvalue weighted by Gasteiger charge is -2.30. The van der Waals surface area contributed by atoms with Crippen molar-refractivity contribution in [1.82, 2.24) is 14.1 Å². The van der Waals surface area contributed by atoms with Crippen molar-refractivity contribution in [3.63, 3.8) is 0 Å². The molecule has 2 heterocycles. The number of rotatable bonds is 3. The van der Waals surface area contributed by atoms with Crippen molar-refractivity contribution in [1.29, 1.82) is 0 Å². The summed E-state index contributed by atoms with van der Waals surface area (Å²) in [4.78, 5) is 5.99. The van der Waals surface area contributed by atoms with Crippen molar-refractivity contribution in [2.45, 2.75) is 13.8 Å². The Balaban J connectivity index is 1.88. The van der Waals surface area contributed by atoms with Crippen LogP contribution in [-0.4, -0.2) is 10.8 Å². The van der Waals surface area contributed by atoms with Gasteiger partial charge in [0, 0.05) is 4.88 Å². The molecule has 1 unspecified atom stereocenters. The van der Waals surface area contributed by atoms with Crippen LogP contribution in [0.5, 0.6) is 0 Å². The minimum absolute atomic E-state index is 0.167. The third-order valence-electron chi connectivity index (χ3n) is 4.11. The van der Waals surface area contributed by atoms with Gasteiger partial charge in [-0.3, -0.25) is 0 Å². The van der Waals surface area contributed by atoms with Crippen LogP contribution in [-0.2, 0) is 0 Å². The molecule has 0 fully saturated rings. The standard InChI is InChI=1S/C18H17BrN5S/c1-13-14(2)25-18(20-13)24(19)17(15-9-5-3-6-10-15)21-22-23(24)16-11-7-4-8-12-16/h3-12,22H,1-2H3/q+1. The predicted octanol–water partition coefficient (Wildman–Crippen LogP) is 4.68. The number of benzene rings is 2. The monoisotopic (exact) mass is 414 g/mol. The molecule has 1 aromatic heterocycles. The number of hydrazine groups is 1. The number of amidine groups is 1. The molecule has 1 atom stereocenters. The van der Waals surface area contributed by atoms with Gasteiger partial charge in [-0.05, 0) is 41.7 Å². The lowest BCUT2D eigenvalue weighted by molar-refractivity contribution is 0.556. The molecule has 2 aromatic carbocycles. The first-order chi connectivity index (χ1) is 12.1. The molecule has 1 aliphatic heterocycles. The molecule has 4 rings (SSSR count). The van der Waals surface area contributed by atoms with E-state index in [-0.39, 0.29) is 3.62 Å². The van der Waals surface area contributed by atoms with E-state index in [1.165, 1.54) is 4.88 Å². The first kappa shape index (κ1) is 16.3. The highest BCUT2D eigenvalue weighted by atomic mass is 79.9. The van der Waals surface area contributed by atoms with E-state index in [1.54, 1.807) is 11.3 Å². The smallest absolute Gasteiger partial charge is 0.187 e. The van der Waals surface area contributed by atoms with Crippen molar-refractivity contribution in [2.75, 3.05) is 5.12 Å². The van der Waals surface area contributed by atoms with E-state index < -0.39 is 0 Å². The Morgan fingerprint density at radius 1 is 1.00 bits per heavy atom. The molecule has 0 spiro atoms. The normalized spacial score (nSPS) is 19.6. The second kappa shape index (κ2) is 6.25. The Bertz CT molecular complexity index is 906. The fraction of sp³-hybridized carbons (Fsp3) is 0.111. The Morgan fingerprint density at radius 2 is 1.64 bits per heavy atom. The molecule has 0 aliphatic carbocycles. The van der Waals surface area contributed by atoms with Gasteiger partial charge in [0.05, 0.1) is 11.3 Å². The number of hydrogen-bond donors (Lipinski definition) is 1. The minimum atomic E-state index is 0.167. The molecule has 0 amide bonds. The van der Waals surface area contributed by atoms with E-state index in [9.17, 15) is 0 Å². The summed E-state index contributed by atoms with van der Waals surface area (Å²) in [5.41, 5.74) is 6.19. The summed E-state index contributed by atoms with van der Waals surface area (Å²) >= 11 is 5.58. The van der Waals surface area contributed by atoms with Crippen LogP contribution in [0.15, 0.2) is 65.8 Å². The number of thiazole rings is 1. The Labute approximate surface area is 159 Å². The van der Waals surface area contributed by atoms with Crippen molar-refractivity contribution in [2.24, 2.45) is 5.10 Å². The van der Waals surface area contributed by atoms with Crippen LogP contribution in [0.3, 0.4) is 0 Å². The fourth-order valence-electron chi connectivity index (χ4n) is 2.68. The lowest BCUT2D eigenvalue weighted by atomic mass is 10.2. The van der Waals surface area contributed by atoms with Gasteiger partial charge < -0.3 is 0 Å². The number of para-hydroxylation sites is 1. The van der Waals surface area contributed by atoms with E-state index >= 15 is 0 Å². The van der Waals surface area contributed by atoms with Crippen molar-refractivity contribution in [3.8, 4) is 0 Å². The molecular formula is C18H17BrN5S+. The molecular weight excluding hydrogens is 398 g/mol. The van der Waals surface area contributed by atoms with E-state index in [1.807, 2.05) is 60.6 Å². The number of aromatic nitrogens is 1. The molecule has 1 N–H and O–H groups in total. The molecule has 0 saturated heterocycles. The van der Waals surface area contributed by atoms with Gasteiger partial charge in [0.2, 0.25) is 0 Å². The predicted molar refractivity (Wildman–Crippen MR) is 107 cm³/mol. The third-order valence-corrected chi connectivity index (χ3v) is 6.47. The second-order valence-electron chi connectivity index (χ2n) is 5.74. The van der Waals surface area contributed by atoms with E-state index in [0.717, 1.165) is 27.9 Å².